The number of rotatable bonds is 5. The Morgan fingerprint density at radius 1 is 1.38 bits per heavy atom. The molecular weight excluding hydrogens is 356 g/mol. The summed E-state index contributed by atoms with van der Waals surface area (Å²) < 4.78 is 6.11. The highest BCUT2D eigenvalue weighted by molar-refractivity contribution is 9.10. The zero-order chi connectivity index (χ0) is 15.2. The predicted molar refractivity (Wildman–Crippen MR) is 84.5 cm³/mol. The Hall–Kier alpha value is -1.68. The van der Waals surface area contributed by atoms with Crippen molar-refractivity contribution in [2.24, 2.45) is 0 Å². The maximum Gasteiger partial charge on any atom is 0.158 e. The second-order valence-corrected chi connectivity index (χ2v) is 5.36. The highest BCUT2D eigenvalue weighted by atomic mass is 79.9. The first-order chi connectivity index (χ1) is 10.1. The molecule has 108 valence electrons. The summed E-state index contributed by atoms with van der Waals surface area (Å²) in [5.74, 6) is 1.01. The van der Waals surface area contributed by atoms with Gasteiger partial charge in [-0.1, -0.05) is 27.5 Å². The highest BCUT2D eigenvalue weighted by Gasteiger charge is 2.07. The van der Waals surface area contributed by atoms with Gasteiger partial charge >= 0.3 is 0 Å². The van der Waals surface area contributed by atoms with Crippen LogP contribution in [0.2, 0.25) is 5.15 Å². The number of nitriles is 1. The standard InChI is InChI=1S/C14H12BrClN4O/c1-2-21-8-14-19-12(16)6-13(20-14)18-11-4-3-10(15)5-9(11)7-17/h3-6H,2,8H2,1H3,(H,18,19,20). The molecule has 0 aliphatic carbocycles. The number of aromatic nitrogens is 2. The molecule has 1 heterocycles. The summed E-state index contributed by atoms with van der Waals surface area (Å²) in [6.07, 6.45) is 0. The average molecular weight is 368 g/mol. The van der Waals surface area contributed by atoms with Crippen molar-refractivity contribution in [3.63, 3.8) is 0 Å². The molecule has 0 unspecified atom stereocenters. The molecule has 0 aliphatic rings. The van der Waals surface area contributed by atoms with E-state index >= 15 is 0 Å². The summed E-state index contributed by atoms with van der Waals surface area (Å²) in [5.41, 5.74) is 1.16. The summed E-state index contributed by atoms with van der Waals surface area (Å²) in [6, 6.07) is 9.09. The Bertz CT molecular complexity index is 687. The first-order valence-corrected chi connectivity index (χ1v) is 7.37. The van der Waals surface area contributed by atoms with Gasteiger partial charge in [0.25, 0.3) is 0 Å². The molecule has 0 atom stereocenters. The molecule has 5 nitrogen and oxygen atoms in total. The molecule has 0 saturated heterocycles. The summed E-state index contributed by atoms with van der Waals surface area (Å²) in [5, 5.41) is 12.5. The lowest BCUT2D eigenvalue weighted by molar-refractivity contribution is 0.128. The molecule has 1 N–H and O–H groups in total. The molecule has 0 bridgehead atoms. The maximum atomic E-state index is 9.16. The minimum Gasteiger partial charge on any atom is -0.374 e. The van der Waals surface area contributed by atoms with Gasteiger partial charge in [0.1, 0.15) is 23.6 Å². The summed E-state index contributed by atoms with van der Waals surface area (Å²) in [4.78, 5) is 8.40. The van der Waals surface area contributed by atoms with Crippen molar-refractivity contribution >= 4 is 39.0 Å². The lowest BCUT2D eigenvalue weighted by Gasteiger charge is -2.09. The second kappa shape index (κ2) is 7.36. The van der Waals surface area contributed by atoms with Gasteiger partial charge in [-0.25, -0.2) is 9.97 Å². The van der Waals surface area contributed by atoms with Gasteiger partial charge in [0.2, 0.25) is 0 Å². The van der Waals surface area contributed by atoms with Gasteiger partial charge in [-0.2, -0.15) is 5.26 Å². The first-order valence-electron chi connectivity index (χ1n) is 6.20. The predicted octanol–water partition coefficient (Wildman–Crippen LogP) is 4.04. The molecular formula is C14H12BrClN4O. The molecule has 0 fully saturated rings. The third-order valence-corrected chi connectivity index (χ3v) is 3.23. The van der Waals surface area contributed by atoms with Crippen molar-refractivity contribution in [1.29, 1.82) is 5.26 Å². The quantitative estimate of drug-likeness (QED) is 0.807. The minimum atomic E-state index is 0.289. The molecule has 21 heavy (non-hydrogen) atoms. The van der Waals surface area contributed by atoms with Crippen molar-refractivity contribution in [3.8, 4) is 6.07 Å². The molecule has 0 saturated carbocycles. The topological polar surface area (TPSA) is 70.8 Å². The first kappa shape index (κ1) is 15.7. The summed E-state index contributed by atoms with van der Waals surface area (Å²) in [6.45, 7) is 2.76. The van der Waals surface area contributed by atoms with Gasteiger partial charge < -0.3 is 10.1 Å². The van der Waals surface area contributed by atoms with E-state index in [4.69, 9.17) is 21.6 Å². The number of nitrogens with one attached hydrogen (secondary N) is 1. The van der Waals surface area contributed by atoms with Crippen LogP contribution in [0, 0.1) is 11.3 Å². The van der Waals surface area contributed by atoms with Crippen molar-refractivity contribution in [2.45, 2.75) is 13.5 Å². The number of hydrogen-bond acceptors (Lipinski definition) is 5. The lowest BCUT2D eigenvalue weighted by Crippen LogP contribution is -2.03. The van der Waals surface area contributed by atoms with Crippen LogP contribution in [-0.2, 0) is 11.3 Å². The Kier molecular flexibility index (Phi) is 5.51. The Morgan fingerprint density at radius 2 is 2.19 bits per heavy atom. The van der Waals surface area contributed by atoms with Crippen LogP contribution < -0.4 is 5.32 Å². The summed E-state index contributed by atoms with van der Waals surface area (Å²) in [7, 11) is 0. The fraction of sp³-hybridized carbons (Fsp3) is 0.214. The monoisotopic (exact) mass is 366 g/mol. The van der Waals surface area contributed by atoms with E-state index in [9.17, 15) is 0 Å². The molecule has 2 aromatic rings. The Balaban J connectivity index is 2.27. The number of anilines is 2. The number of ether oxygens (including phenoxy) is 1. The lowest BCUT2D eigenvalue weighted by atomic mass is 10.2. The molecule has 0 aliphatic heterocycles. The fourth-order valence-corrected chi connectivity index (χ4v) is 2.20. The molecule has 0 amide bonds. The largest absolute Gasteiger partial charge is 0.374 e. The normalized spacial score (nSPS) is 10.2. The maximum absolute atomic E-state index is 9.16. The van der Waals surface area contributed by atoms with Crippen LogP contribution in [0.1, 0.15) is 18.3 Å². The minimum absolute atomic E-state index is 0.289. The van der Waals surface area contributed by atoms with E-state index in [0.717, 1.165) is 4.47 Å². The fourth-order valence-electron chi connectivity index (χ4n) is 1.64. The third kappa shape index (κ3) is 4.39. The van der Waals surface area contributed by atoms with E-state index in [-0.39, 0.29) is 6.61 Å². The van der Waals surface area contributed by atoms with Crippen molar-refractivity contribution in [2.75, 3.05) is 11.9 Å². The van der Waals surface area contributed by atoms with Gasteiger partial charge in [-0.3, -0.25) is 0 Å². The van der Waals surface area contributed by atoms with E-state index in [2.05, 4.69) is 37.3 Å². The number of nitrogens with zero attached hydrogens (tertiary/aromatic N) is 3. The highest BCUT2D eigenvalue weighted by Crippen LogP contribution is 2.24. The molecule has 1 aromatic heterocycles. The van der Waals surface area contributed by atoms with Crippen molar-refractivity contribution in [3.05, 3.63) is 45.3 Å². The van der Waals surface area contributed by atoms with E-state index < -0.39 is 0 Å². The van der Waals surface area contributed by atoms with Crippen LogP contribution in [0.15, 0.2) is 28.7 Å². The number of hydrogen-bond donors (Lipinski definition) is 1. The number of halogens is 2. The van der Waals surface area contributed by atoms with Gasteiger partial charge in [0, 0.05) is 17.1 Å². The average Bonchev–Trinajstić information content (AvgIpc) is 2.46. The van der Waals surface area contributed by atoms with Crippen LogP contribution >= 0.6 is 27.5 Å². The van der Waals surface area contributed by atoms with E-state index in [1.165, 1.54) is 0 Å². The SMILES string of the molecule is CCOCc1nc(Cl)cc(Nc2ccc(Br)cc2C#N)n1. The number of benzene rings is 1. The van der Waals surface area contributed by atoms with E-state index in [0.29, 0.717) is 34.7 Å². The molecule has 0 spiro atoms. The van der Waals surface area contributed by atoms with Crippen LogP contribution in [0.3, 0.4) is 0 Å². The second-order valence-electron chi connectivity index (χ2n) is 4.06. The Labute approximate surface area is 136 Å². The molecule has 0 radical (unpaired) electrons. The van der Waals surface area contributed by atoms with Crippen LogP contribution in [0.5, 0.6) is 0 Å². The van der Waals surface area contributed by atoms with Gasteiger partial charge in [-0.05, 0) is 25.1 Å². The van der Waals surface area contributed by atoms with Crippen LogP contribution in [0.25, 0.3) is 0 Å². The smallest absolute Gasteiger partial charge is 0.158 e. The van der Waals surface area contributed by atoms with Crippen molar-refractivity contribution < 1.29 is 4.74 Å². The molecule has 2 rings (SSSR count). The zero-order valence-electron chi connectivity index (χ0n) is 11.2. The molecule has 7 heteroatoms. The molecule has 1 aromatic carbocycles. The van der Waals surface area contributed by atoms with Gasteiger partial charge in [-0.15, -0.1) is 0 Å². The van der Waals surface area contributed by atoms with Gasteiger partial charge in [0.05, 0.1) is 11.3 Å². The van der Waals surface area contributed by atoms with E-state index in [1.807, 2.05) is 13.0 Å². The van der Waals surface area contributed by atoms with E-state index in [1.54, 1.807) is 18.2 Å². The van der Waals surface area contributed by atoms with Crippen molar-refractivity contribution in [1.82, 2.24) is 9.97 Å². The van der Waals surface area contributed by atoms with Crippen LogP contribution in [-0.4, -0.2) is 16.6 Å². The third-order valence-electron chi connectivity index (χ3n) is 2.54. The van der Waals surface area contributed by atoms with Gasteiger partial charge in [0.15, 0.2) is 5.82 Å². The van der Waals surface area contributed by atoms with Crippen LogP contribution in [0.4, 0.5) is 11.5 Å². The Morgan fingerprint density at radius 3 is 2.90 bits per heavy atom. The summed E-state index contributed by atoms with van der Waals surface area (Å²) >= 11 is 9.31. The zero-order valence-corrected chi connectivity index (χ0v) is 13.6.